The van der Waals surface area contributed by atoms with Crippen LogP contribution in [0.5, 0.6) is 5.75 Å². The number of hydrogen-bond donors (Lipinski definition) is 2. The van der Waals surface area contributed by atoms with E-state index in [1.165, 1.54) is 0 Å². The molecule has 9 heteroatoms. The van der Waals surface area contributed by atoms with Gasteiger partial charge in [0.1, 0.15) is 23.6 Å². The quantitative estimate of drug-likeness (QED) is 0.410. The number of nitrogens with one attached hydrogen (secondary N) is 1. The van der Waals surface area contributed by atoms with Crippen LogP contribution in [0.4, 0.5) is 0 Å². The van der Waals surface area contributed by atoms with Gasteiger partial charge in [-0.05, 0) is 29.8 Å². The molecule has 33 heavy (non-hydrogen) atoms. The number of rotatable bonds is 8. The highest BCUT2D eigenvalue weighted by Crippen LogP contribution is 2.33. The fourth-order valence-corrected chi connectivity index (χ4v) is 3.68. The van der Waals surface area contributed by atoms with Crippen LogP contribution in [0.25, 0.3) is 11.3 Å². The summed E-state index contributed by atoms with van der Waals surface area (Å²) in [5.74, 6) is -0.418. The van der Waals surface area contributed by atoms with Crippen molar-refractivity contribution in [1.82, 2.24) is 10.5 Å². The van der Waals surface area contributed by atoms with Crippen LogP contribution in [-0.4, -0.2) is 35.3 Å². The van der Waals surface area contributed by atoms with E-state index in [0.717, 1.165) is 0 Å². The van der Waals surface area contributed by atoms with Crippen molar-refractivity contribution in [3.8, 4) is 17.0 Å². The number of halogens is 2. The summed E-state index contributed by atoms with van der Waals surface area (Å²) in [7, 11) is 0. The van der Waals surface area contributed by atoms with Gasteiger partial charge in [-0.25, -0.2) is 0 Å². The Morgan fingerprint density at radius 1 is 1.15 bits per heavy atom. The Morgan fingerprint density at radius 3 is 2.58 bits per heavy atom. The van der Waals surface area contributed by atoms with Gasteiger partial charge in [-0.1, -0.05) is 67.3 Å². The smallest absolute Gasteiger partial charge is 0.307 e. The number of carbonyl (C=O) groups excluding carboxylic acids is 1. The van der Waals surface area contributed by atoms with Gasteiger partial charge in [-0.3, -0.25) is 9.59 Å². The van der Waals surface area contributed by atoms with Crippen molar-refractivity contribution >= 4 is 35.1 Å². The largest absolute Gasteiger partial charge is 0.490 e. The van der Waals surface area contributed by atoms with Crippen molar-refractivity contribution < 1.29 is 24.0 Å². The molecule has 7 nitrogen and oxygen atoms in total. The minimum absolute atomic E-state index is 0.135. The van der Waals surface area contributed by atoms with Crippen LogP contribution < -0.4 is 10.1 Å². The Morgan fingerprint density at radius 2 is 1.91 bits per heavy atom. The molecule has 0 unspecified atom stereocenters. The fraction of sp³-hybridized carbons (Fsp3) is 0.292. The van der Waals surface area contributed by atoms with Crippen LogP contribution in [0.2, 0.25) is 10.0 Å². The third-order valence-electron chi connectivity index (χ3n) is 4.70. The van der Waals surface area contributed by atoms with Crippen molar-refractivity contribution in [3.05, 3.63) is 69.4 Å². The number of carbonyl (C=O) groups is 2. The van der Waals surface area contributed by atoms with Crippen LogP contribution in [0.3, 0.4) is 0 Å². The number of ether oxygens (including phenoxy) is 1. The van der Waals surface area contributed by atoms with E-state index in [-0.39, 0.29) is 25.5 Å². The molecule has 0 fully saturated rings. The molecular formula is C24H24Cl2N2O5. The van der Waals surface area contributed by atoms with Crippen molar-refractivity contribution in [1.29, 1.82) is 0 Å². The zero-order chi connectivity index (χ0) is 24.2. The fourth-order valence-electron chi connectivity index (χ4n) is 3.22. The molecule has 174 valence electrons. The SMILES string of the molecule is CC(C)(C)c1onc(-c2cccc(CC(=O)O)c2)c1C(=O)NCCOc1ccc(Cl)cc1Cl. The molecule has 0 aliphatic carbocycles. The molecule has 1 aromatic heterocycles. The normalized spacial score (nSPS) is 11.3. The standard InChI is InChI=1S/C24H24Cl2N2O5/c1-24(2,3)22-20(21(28-33-22)15-6-4-5-14(11-15)12-19(29)30)23(31)27-9-10-32-18-8-7-16(25)13-17(18)26/h4-8,11,13H,9-10,12H2,1-3H3,(H,27,31)(H,29,30). The number of aromatic nitrogens is 1. The predicted octanol–water partition coefficient (Wildman–Crippen LogP) is 5.38. The van der Waals surface area contributed by atoms with Crippen molar-refractivity contribution in [3.63, 3.8) is 0 Å². The van der Waals surface area contributed by atoms with Gasteiger partial charge in [0.25, 0.3) is 5.91 Å². The summed E-state index contributed by atoms with van der Waals surface area (Å²) in [4.78, 5) is 24.2. The van der Waals surface area contributed by atoms with Gasteiger partial charge in [0.2, 0.25) is 0 Å². The van der Waals surface area contributed by atoms with Crippen LogP contribution in [0.15, 0.2) is 47.0 Å². The highest BCUT2D eigenvalue weighted by atomic mass is 35.5. The Hall–Kier alpha value is -3.03. The molecule has 2 N–H and O–H groups in total. The van der Waals surface area contributed by atoms with Crippen molar-refractivity contribution in [2.24, 2.45) is 0 Å². The van der Waals surface area contributed by atoms with Crippen molar-refractivity contribution in [2.75, 3.05) is 13.2 Å². The Kier molecular flexibility index (Phi) is 7.66. The first-order chi connectivity index (χ1) is 15.6. The number of benzene rings is 2. The molecule has 0 saturated carbocycles. The first-order valence-corrected chi connectivity index (χ1v) is 11.0. The Balaban J connectivity index is 1.80. The number of nitrogens with zero attached hydrogens (tertiary/aromatic N) is 1. The maximum Gasteiger partial charge on any atom is 0.307 e. The lowest BCUT2D eigenvalue weighted by molar-refractivity contribution is -0.136. The monoisotopic (exact) mass is 490 g/mol. The van der Waals surface area contributed by atoms with Gasteiger partial charge < -0.3 is 19.7 Å². The summed E-state index contributed by atoms with van der Waals surface area (Å²) in [6.45, 7) is 6.15. The van der Waals surface area contributed by atoms with Crippen LogP contribution in [0.1, 0.15) is 42.5 Å². The zero-order valence-electron chi connectivity index (χ0n) is 18.4. The summed E-state index contributed by atoms with van der Waals surface area (Å²) in [5, 5.41) is 16.9. The van der Waals surface area contributed by atoms with E-state index >= 15 is 0 Å². The molecule has 0 spiro atoms. The maximum absolute atomic E-state index is 13.1. The topological polar surface area (TPSA) is 102 Å². The second-order valence-electron chi connectivity index (χ2n) is 8.44. The molecule has 0 radical (unpaired) electrons. The summed E-state index contributed by atoms with van der Waals surface area (Å²) in [6, 6.07) is 11.8. The van der Waals surface area contributed by atoms with Gasteiger partial charge in [0, 0.05) is 16.0 Å². The zero-order valence-corrected chi connectivity index (χ0v) is 20.0. The second-order valence-corrected chi connectivity index (χ2v) is 9.28. The third-order valence-corrected chi connectivity index (χ3v) is 5.23. The highest BCUT2D eigenvalue weighted by Gasteiger charge is 2.31. The van der Waals surface area contributed by atoms with Crippen LogP contribution in [-0.2, 0) is 16.6 Å². The van der Waals surface area contributed by atoms with Gasteiger partial charge in [-0.2, -0.15) is 0 Å². The van der Waals surface area contributed by atoms with Crippen molar-refractivity contribution in [2.45, 2.75) is 32.6 Å². The number of amides is 1. The first-order valence-electron chi connectivity index (χ1n) is 10.2. The van der Waals surface area contributed by atoms with E-state index in [4.69, 9.17) is 37.6 Å². The summed E-state index contributed by atoms with van der Waals surface area (Å²) in [6.07, 6.45) is -0.135. The minimum atomic E-state index is -0.943. The summed E-state index contributed by atoms with van der Waals surface area (Å²) < 4.78 is 11.2. The lowest BCUT2D eigenvalue weighted by atomic mass is 9.88. The molecule has 0 atom stereocenters. The van der Waals surface area contributed by atoms with Crippen LogP contribution >= 0.6 is 23.2 Å². The summed E-state index contributed by atoms with van der Waals surface area (Å²) in [5.41, 5.74) is 1.37. The maximum atomic E-state index is 13.1. The average Bonchev–Trinajstić information content (AvgIpc) is 3.18. The van der Waals surface area contributed by atoms with E-state index < -0.39 is 11.4 Å². The van der Waals surface area contributed by atoms with Gasteiger partial charge in [0.15, 0.2) is 5.76 Å². The van der Waals surface area contributed by atoms with E-state index in [2.05, 4.69) is 10.5 Å². The van der Waals surface area contributed by atoms with Gasteiger partial charge >= 0.3 is 5.97 Å². The molecule has 0 saturated heterocycles. The molecule has 3 aromatic rings. The molecule has 0 bridgehead atoms. The molecule has 1 amide bonds. The number of hydrogen-bond acceptors (Lipinski definition) is 5. The predicted molar refractivity (Wildman–Crippen MR) is 126 cm³/mol. The molecule has 1 heterocycles. The highest BCUT2D eigenvalue weighted by molar-refractivity contribution is 6.35. The molecule has 0 aliphatic heterocycles. The van der Waals surface area contributed by atoms with E-state index in [9.17, 15) is 9.59 Å². The molecule has 3 rings (SSSR count). The number of carboxylic acids is 1. The third kappa shape index (κ3) is 6.27. The van der Waals surface area contributed by atoms with E-state index in [1.54, 1.807) is 42.5 Å². The minimum Gasteiger partial charge on any atom is -0.490 e. The first kappa shape index (κ1) is 24.6. The molecule has 2 aromatic carbocycles. The Bertz CT molecular complexity index is 1170. The lowest BCUT2D eigenvalue weighted by Gasteiger charge is -2.16. The molecular weight excluding hydrogens is 467 g/mol. The second kappa shape index (κ2) is 10.3. The number of carboxylic acid groups (broad SMARTS) is 1. The van der Waals surface area contributed by atoms with Gasteiger partial charge in [-0.15, -0.1) is 0 Å². The van der Waals surface area contributed by atoms with Crippen LogP contribution in [0, 0.1) is 0 Å². The number of aliphatic carboxylic acids is 1. The average molecular weight is 491 g/mol. The lowest BCUT2D eigenvalue weighted by Crippen LogP contribution is -2.30. The van der Waals surface area contributed by atoms with Gasteiger partial charge in [0.05, 0.1) is 18.0 Å². The Labute approximate surface area is 201 Å². The van der Waals surface area contributed by atoms with E-state index in [0.29, 0.717) is 43.9 Å². The van der Waals surface area contributed by atoms with E-state index in [1.807, 2.05) is 20.8 Å². The summed E-state index contributed by atoms with van der Waals surface area (Å²) >= 11 is 12.0. The molecule has 0 aliphatic rings.